The minimum Gasteiger partial charge on any atom is -0.368 e. The van der Waals surface area contributed by atoms with E-state index in [-0.39, 0.29) is 5.95 Å². The number of rotatable bonds is 2. The summed E-state index contributed by atoms with van der Waals surface area (Å²) in [4.78, 5) is 7.79. The van der Waals surface area contributed by atoms with Gasteiger partial charge < -0.3 is 5.73 Å². The molecule has 1 heterocycles. The van der Waals surface area contributed by atoms with Crippen molar-refractivity contribution in [2.24, 2.45) is 0 Å². The predicted octanol–water partition coefficient (Wildman–Crippen LogP) is 3.26. The van der Waals surface area contributed by atoms with Gasteiger partial charge in [-0.05, 0) is 12.5 Å². The van der Waals surface area contributed by atoms with Crippen LogP contribution in [0.3, 0.4) is 0 Å². The Labute approximate surface area is 110 Å². The molecule has 0 saturated carbocycles. The fraction of sp³-hybridized carbons (Fsp3) is 0.167. The lowest BCUT2D eigenvalue weighted by Gasteiger charge is -2.06. The second-order valence-electron chi connectivity index (χ2n) is 3.80. The number of hydrogen-bond acceptors (Lipinski definition) is 3. The number of nitrogens with zero attached hydrogens (tertiary/aromatic N) is 2. The number of halogens is 2. The molecule has 0 fully saturated rings. The zero-order valence-electron chi connectivity index (χ0n) is 9.24. The van der Waals surface area contributed by atoms with E-state index in [1.807, 2.05) is 31.2 Å². The molecule has 17 heavy (non-hydrogen) atoms. The van der Waals surface area contributed by atoms with Crippen molar-refractivity contribution in [2.75, 3.05) is 5.73 Å². The quantitative estimate of drug-likeness (QED) is 0.850. The fourth-order valence-electron chi connectivity index (χ4n) is 1.50. The SMILES string of the molecule is Cc1ccc(Cc2c(Cl)nc(N)nc2Cl)cc1. The largest absolute Gasteiger partial charge is 0.368 e. The molecule has 5 heteroatoms. The highest BCUT2D eigenvalue weighted by atomic mass is 35.5. The second kappa shape index (κ2) is 4.90. The summed E-state index contributed by atoms with van der Waals surface area (Å²) < 4.78 is 0. The molecule has 88 valence electrons. The van der Waals surface area contributed by atoms with Crippen LogP contribution in [0.15, 0.2) is 24.3 Å². The lowest BCUT2D eigenvalue weighted by atomic mass is 10.1. The molecule has 0 aliphatic rings. The summed E-state index contributed by atoms with van der Waals surface area (Å²) in [5, 5.41) is 0.617. The van der Waals surface area contributed by atoms with Crippen LogP contribution >= 0.6 is 23.2 Å². The molecule has 0 spiro atoms. The molecule has 2 N–H and O–H groups in total. The van der Waals surface area contributed by atoms with E-state index < -0.39 is 0 Å². The van der Waals surface area contributed by atoms with Gasteiger partial charge in [-0.15, -0.1) is 0 Å². The Morgan fingerprint density at radius 3 is 2.12 bits per heavy atom. The average molecular weight is 268 g/mol. The van der Waals surface area contributed by atoms with Gasteiger partial charge in [0.05, 0.1) is 0 Å². The first kappa shape index (κ1) is 12.1. The van der Waals surface area contributed by atoms with Crippen molar-refractivity contribution in [1.29, 1.82) is 0 Å². The van der Waals surface area contributed by atoms with Gasteiger partial charge in [0.15, 0.2) is 0 Å². The van der Waals surface area contributed by atoms with Crippen molar-refractivity contribution in [3.05, 3.63) is 51.3 Å². The number of aryl methyl sites for hydroxylation is 1. The first-order valence-corrected chi connectivity index (χ1v) is 5.85. The minimum absolute atomic E-state index is 0.0904. The van der Waals surface area contributed by atoms with Crippen molar-refractivity contribution < 1.29 is 0 Å². The summed E-state index contributed by atoms with van der Waals surface area (Å²) in [6.07, 6.45) is 0.595. The smallest absolute Gasteiger partial charge is 0.222 e. The topological polar surface area (TPSA) is 51.8 Å². The van der Waals surface area contributed by atoms with Gasteiger partial charge in [-0.3, -0.25) is 0 Å². The Kier molecular flexibility index (Phi) is 3.50. The first-order valence-electron chi connectivity index (χ1n) is 5.09. The van der Waals surface area contributed by atoms with E-state index in [2.05, 4.69) is 9.97 Å². The van der Waals surface area contributed by atoms with Gasteiger partial charge in [0.2, 0.25) is 5.95 Å². The minimum atomic E-state index is 0.0904. The summed E-state index contributed by atoms with van der Waals surface area (Å²) in [7, 11) is 0. The summed E-state index contributed by atoms with van der Waals surface area (Å²) in [5.41, 5.74) is 8.46. The van der Waals surface area contributed by atoms with Crippen LogP contribution < -0.4 is 5.73 Å². The maximum Gasteiger partial charge on any atom is 0.222 e. The Morgan fingerprint density at radius 1 is 1.06 bits per heavy atom. The highest BCUT2D eigenvalue weighted by Gasteiger charge is 2.10. The molecule has 0 unspecified atom stereocenters. The Balaban J connectivity index is 2.33. The van der Waals surface area contributed by atoms with Crippen molar-refractivity contribution in [2.45, 2.75) is 13.3 Å². The van der Waals surface area contributed by atoms with E-state index in [9.17, 15) is 0 Å². The van der Waals surface area contributed by atoms with Gasteiger partial charge >= 0.3 is 0 Å². The predicted molar refractivity (Wildman–Crippen MR) is 70.4 cm³/mol. The molecule has 0 saturated heterocycles. The van der Waals surface area contributed by atoms with Crippen molar-refractivity contribution >= 4 is 29.2 Å². The van der Waals surface area contributed by atoms with Crippen molar-refractivity contribution in [3.8, 4) is 0 Å². The van der Waals surface area contributed by atoms with Crippen LogP contribution in [-0.4, -0.2) is 9.97 Å². The van der Waals surface area contributed by atoms with Gasteiger partial charge in [0.1, 0.15) is 10.3 Å². The molecular weight excluding hydrogens is 257 g/mol. The zero-order valence-corrected chi connectivity index (χ0v) is 10.8. The molecular formula is C12H11Cl2N3. The monoisotopic (exact) mass is 267 g/mol. The molecule has 0 radical (unpaired) electrons. The molecule has 3 nitrogen and oxygen atoms in total. The molecule has 1 aromatic heterocycles. The molecule has 2 aromatic rings. The van der Waals surface area contributed by atoms with Crippen LogP contribution in [0.25, 0.3) is 0 Å². The lowest BCUT2D eigenvalue weighted by Crippen LogP contribution is -2.01. The number of hydrogen-bond donors (Lipinski definition) is 1. The van der Waals surface area contributed by atoms with E-state index in [0.29, 0.717) is 22.3 Å². The normalized spacial score (nSPS) is 10.5. The third-order valence-electron chi connectivity index (χ3n) is 2.42. The van der Waals surface area contributed by atoms with Crippen LogP contribution in [0, 0.1) is 6.92 Å². The van der Waals surface area contributed by atoms with E-state index in [1.54, 1.807) is 0 Å². The summed E-state index contributed by atoms with van der Waals surface area (Å²) in [6, 6.07) is 8.13. The first-order chi connectivity index (χ1) is 8.06. The van der Waals surface area contributed by atoms with E-state index in [1.165, 1.54) is 5.56 Å². The lowest BCUT2D eigenvalue weighted by molar-refractivity contribution is 1.08. The highest BCUT2D eigenvalue weighted by molar-refractivity contribution is 6.34. The van der Waals surface area contributed by atoms with Gasteiger partial charge in [0, 0.05) is 12.0 Å². The van der Waals surface area contributed by atoms with E-state index in [0.717, 1.165) is 5.56 Å². The van der Waals surface area contributed by atoms with Gasteiger partial charge in [0.25, 0.3) is 0 Å². The number of nitrogens with two attached hydrogens (primary N) is 1. The van der Waals surface area contributed by atoms with Crippen LogP contribution in [0.1, 0.15) is 16.7 Å². The Morgan fingerprint density at radius 2 is 1.59 bits per heavy atom. The van der Waals surface area contributed by atoms with Gasteiger partial charge in [-0.2, -0.15) is 0 Å². The maximum atomic E-state index is 6.00. The summed E-state index contributed by atoms with van der Waals surface area (Å²) in [6.45, 7) is 2.04. The fourth-order valence-corrected chi connectivity index (χ4v) is 2.04. The van der Waals surface area contributed by atoms with E-state index in [4.69, 9.17) is 28.9 Å². The van der Waals surface area contributed by atoms with Gasteiger partial charge in [-0.1, -0.05) is 53.0 Å². The third-order valence-corrected chi connectivity index (χ3v) is 3.05. The Bertz CT molecular complexity index is 515. The highest BCUT2D eigenvalue weighted by Crippen LogP contribution is 2.24. The van der Waals surface area contributed by atoms with Crippen LogP contribution in [0.4, 0.5) is 5.95 Å². The number of nitrogen functional groups attached to an aromatic ring is 1. The van der Waals surface area contributed by atoms with Crippen molar-refractivity contribution in [3.63, 3.8) is 0 Å². The molecule has 0 atom stereocenters. The van der Waals surface area contributed by atoms with E-state index >= 15 is 0 Å². The van der Waals surface area contributed by atoms with Crippen LogP contribution in [0.5, 0.6) is 0 Å². The summed E-state index contributed by atoms with van der Waals surface area (Å²) >= 11 is 12.0. The molecule has 2 rings (SSSR count). The molecule has 0 aliphatic carbocycles. The Hall–Kier alpha value is -1.32. The molecule has 1 aromatic carbocycles. The average Bonchev–Trinajstić information content (AvgIpc) is 2.26. The summed E-state index contributed by atoms with van der Waals surface area (Å²) in [5.74, 6) is 0.0904. The zero-order chi connectivity index (χ0) is 12.4. The van der Waals surface area contributed by atoms with Crippen LogP contribution in [-0.2, 0) is 6.42 Å². The molecule has 0 amide bonds. The number of benzene rings is 1. The number of anilines is 1. The van der Waals surface area contributed by atoms with Crippen molar-refractivity contribution in [1.82, 2.24) is 9.97 Å². The maximum absolute atomic E-state index is 6.00. The standard InChI is InChI=1S/C12H11Cl2N3/c1-7-2-4-8(5-3-7)6-9-10(13)16-12(15)17-11(9)14/h2-5H,6H2,1H3,(H2,15,16,17). The molecule has 0 bridgehead atoms. The number of aromatic nitrogens is 2. The van der Waals surface area contributed by atoms with Gasteiger partial charge in [-0.25, -0.2) is 9.97 Å². The second-order valence-corrected chi connectivity index (χ2v) is 4.52. The third kappa shape index (κ3) is 2.87. The van der Waals surface area contributed by atoms with Crippen LogP contribution in [0.2, 0.25) is 10.3 Å². The molecule has 0 aliphatic heterocycles.